The number of hydrogen-bond donors (Lipinski definition) is 2. The predicted octanol–water partition coefficient (Wildman–Crippen LogP) is 2.03. The Hall–Kier alpha value is -0.420. The fourth-order valence-electron chi connectivity index (χ4n) is 2.44. The Morgan fingerprint density at radius 3 is 2.45 bits per heavy atom. The number of rotatable bonds is 8. The van der Waals surface area contributed by atoms with Crippen LogP contribution in [0.25, 0.3) is 0 Å². The normalized spacial score (nSPS) is 18.2. The van der Waals surface area contributed by atoms with Crippen molar-refractivity contribution in [2.45, 2.75) is 32.6 Å². The van der Waals surface area contributed by atoms with Gasteiger partial charge in [0.25, 0.3) is 0 Å². The Bertz CT molecular complexity index is 263. The topological polar surface area (TPSA) is 39.7 Å². The van der Waals surface area contributed by atoms with Crippen molar-refractivity contribution < 1.29 is 0 Å². The van der Waals surface area contributed by atoms with E-state index in [1.165, 1.54) is 51.1 Å². The SMILES string of the molecule is CN=C(NCCCSC)NCCCN1CCC(C)CC1. The minimum Gasteiger partial charge on any atom is -0.356 e. The first-order valence-corrected chi connectivity index (χ1v) is 9.31. The number of nitrogens with one attached hydrogen (secondary N) is 2. The molecule has 1 saturated heterocycles. The molecule has 5 heteroatoms. The lowest BCUT2D eigenvalue weighted by atomic mass is 9.99. The van der Waals surface area contributed by atoms with Gasteiger partial charge in [-0.3, -0.25) is 4.99 Å². The summed E-state index contributed by atoms with van der Waals surface area (Å²) in [6, 6.07) is 0. The molecule has 0 aliphatic carbocycles. The van der Waals surface area contributed by atoms with Crippen LogP contribution in [-0.2, 0) is 0 Å². The quantitative estimate of drug-likeness (QED) is 0.409. The second-order valence-corrected chi connectivity index (χ2v) is 6.64. The zero-order valence-corrected chi connectivity index (χ0v) is 14.3. The Balaban J connectivity index is 2.01. The van der Waals surface area contributed by atoms with Crippen molar-refractivity contribution in [1.82, 2.24) is 15.5 Å². The van der Waals surface area contributed by atoms with Crippen molar-refractivity contribution in [2.24, 2.45) is 10.9 Å². The highest BCUT2D eigenvalue weighted by Crippen LogP contribution is 2.15. The van der Waals surface area contributed by atoms with E-state index in [1.54, 1.807) is 0 Å². The highest BCUT2D eigenvalue weighted by Gasteiger charge is 2.14. The number of guanidine groups is 1. The van der Waals surface area contributed by atoms with Crippen LogP contribution in [0.4, 0.5) is 0 Å². The van der Waals surface area contributed by atoms with Crippen LogP contribution < -0.4 is 10.6 Å². The number of likely N-dealkylation sites (tertiary alicyclic amines) is 1. The minimum atomic E-state index is 0.925. The van der Waals surface area contributed by atoms with Crippen LogP contribution in [0.2, 0.25) is 0 Å². The van der Waals surface area contributed by atoms with Crippen molar-refractivity contribution in [1.29, 1.82) is 0 Å². The van der Waals surface area contributed by atoms with Crippen LogP contribution in [-0.4, -0.2) is 62.6 Å². The van der Waals surface area contributed by atoms with Crippen LogP contribution in [0, 0.1) is 5.92 Å². The van der Waals surface area contributed by atoms with Crippen LogP contribution >= 0.6 is 11.8 Å². The fourth-order valence-corrected chi connectivity index (χ4v) is 2.87. The molecule has 0 spiro atoms. The third-order valence-corrected chi connectivity index (χ3v) is 4.56. The van der Waals surface area contributed by atoms with E-state index in [9.17, 15) is 0 Å². The Kier molecular flexibility index (Phi) is 9.93. The van der Waals surface area contributed by atoms with Gasteiger partial charge < -0.3 is 15.5 Å². The summed E-state index contributed by atoms with van der Waals surface area (Å²) in [5.41, 5.74) is 0. The molecule has 118 valence electrons. The molecule has 1 aliphatic heterocycles. The molecule has 0 radical (unpaired) electrons. The number of aliphatic imine (C=N–C) groups is 1. The number of nitrogens with zero attached hydrogens (tertiary/aromatic N) is 2. The van der Waals surface area contributed by atoms with Gasteiger partial charge in [-0.25, -0.2) is 0 Å². The highest BCUT2D eigenvalue weighted by molar-refractivity contribution is 7.98. The van der Waals surface area contributed by atoms with Crippen LogP contribution in [0.5, 0.6) is 0 Å². The summed E-state index contributed by atoms with van der Waals surface area (Å²) in [5, 5.41) is 6.76. The number of hydrogen-bond acceptors (Lipinski definition) is 3. The highest BCUT2D eigenvalue weighted by atomic mass is 32.2. The zero-order chi connectivity index (χ0) is 14.6. The lowest BCUT2D eigenvalue weighted by Crippen LogP contribution is -2.40. The van der Waals surface area contributed by atoms with Gasteiger partial charge in [0.05, 0.1) is 0 Å². The van der Waals surface area contributed by atoms with Gasteiger partial charge in [0.2, 0.25) is 0 Å². The van der Waals surface area contributed by atoms with Crippen molar-refractivity contribution in [3.05, 3.63) is 0 Å². The molecule has 2 N–H and O–H groups in total. The molecule has 1 fully saturated rings. The van der Waals surface area contributed by atoms with E-state index < -0.39 is 0 Å². The molecule has 0 atom stereocenters. The van der Waals surface area contributed by atoms with Gasteiger partial charge in [0.15, 0.2) is 5.96 Å². The molecule has 20 heavy (non-hydrogen) atoms. The molecular weight excluding hydrogens is 268 g/mol. The van der Waals surface area contributed by atoms with Gasteiger partial charge in [0.1, 0.15) is 0 Å². The van der Waals surface area contributed by atoms with Crippen molar-refractivity contribution in [2.75, 3.05) is 51.8 Å². The molecule has 0 aromatic carbocycles. The van der Waals surface area contributed by atoms with Crippen molar-refractivity contribution in [3.63, 3.8) is 0 Å². The Morgan fingerprint density at radius 2 is 1.85 bits per heavy atom. The maximum Gasteiger partial charge on any atom is 0.190 e. The van der Waals surface area contributed by atoms with E-state index in [1.807, 2.05) is 18.8 Å². The first kappa shape index (κ1) is 17.6. The molecular formula is C15H32N4S. The van der Waals surface area contributed by atoms with Gasteiger partial charge in [-0.2, -0.15) is 11.8 Å². The van der Waals surface area contributed by atoms with E-state index in [2.05, 4.69) is 33.7 Å². The summed E-state index contributed by atoms with van der Waals surface area (Å²) < 4.78 is 0. The third-order valence-electron chi connectivity index (χ3n) is 3.86. The molecule has 0 amide bonds. The van der Waals surface area contributed by atoms with Crippen LogP contribution in [0.15, 0.2) is 4.99 Å². The second kappa shape index (κ2) is 11.3. The fraction of sp³-hybridized carbons (Fsp3) is 0.933. The Labute approximate surface area is 129 Å². The molecule has 4 nitrogen and oxygen atoms in total. The molecule has 0 aromatic rings. The van der Waals surface area contributed by atoms with E-state index in [4.69, 9.17) is 0 Å². The molecule has 1 rings (SSSR count). The molecule has 0 saturated carbocycles. The third kappa shape index (κ3) is 8.00. The van der Waals surface area contributed by atoms with Crippen molar-refractivity contribution in [3.8, 4) is 0 Å². The van der Waals surface area contributed by atoms with Gasteiger partial charge in [0, 0.05) is 20.1 Å². The molecule has 0 bridgehead atoms. The zero-order valence-electron chi connectivity index (χ0n) is 13.5. The number of thioether (sulfide) groups is 1. The average molecular weight is 301 g/mol. The summed E-state index contributed by atoms with van der Waals surface area (Å²) in [4.78, 5) is 6.85. The summed E-state index contributed by atoms with van der Waals surface area (Å²) in [6.45, 7) is 8.15. The van der Waals surface area contributed by atoms with E-state index >= 15 is 0 Å². The molecule has 0 unspecified atom stereocenters. The lowest BCUT2D eigenvalue weighted by molar-refractivity contribution is 0.191. The Morgan fingerprint density at radius 1 is 1.20 bits per heavy atom. The average Bonchev–Trinajstić information content (AvgIpc) is 2.47. The van der Waals surface area contributed by atoms with E-state index in [0.29, 0.717) is 0 Å². The van der Waals surface area contributed by atoms with Crippen molar-refractivity contribution >= 4 is 17.7 Å². The van der Waals surface area contributed by atoms with E-state index in [-0.39, 0.29) is 0 Å². The first-order valence-electron chi connectivity index (χ1n) is 7.92. The maximum atomic E-state index is 4.25. The largest absolute Gasteiger partial charge is 0.356 e. The minimum absolute atomic E-state index is 0.925. The first-order chi connectivity index (χ1) is 9.76. The second-order valence-electron chi connectivity index (χ2n) is 5.65. The summed E-state index contributed by atoms with van der Waals surface area (Å²) in [5.74, 6) is 3.07. The van der Waals surface area contributed by atoms with Crippen LogP contribution in [0.1, 0.15) is 32.6 Å². The standard InChI is InChI=1S/C15H32N4S/c1-14-6-11-19(12-7-14)10-4-8-17-15(16-2)18-9-5-13-20-3/h14H,4-13H2,1-3H3,(H2,16,17,18). The number of piperidine rings is 1. The van der Waals surface area contributed by atoms with Gasteiger partial charge in [-0.1, -0.05) is 6.92 Å². The predicted molar refractivity (Wildman–Crippen MR) is 91.8 cm³/mol. The summed E-state index contributed by atoms with van der Waals surface area (Å²) in [7, 11) is 1.84. The summed E-state index contributed by atoms with van der Waals surface area (Å²) in [6.07, 6.45) is 7.26. The molecule has 1 heterocycles. The maximum absolute atomic E-state index is 4.25. The van der Waals surface area contributed by atoms with Gasteiger partial charge in [-0.15, -0.1) is 0 Å². The smallest absolute Gasteiger partial charge is 0.190 e. The lowest BCUT2D eigenvalue weighted by Gasteiger charge is -2.30. The van der Waals surface area contributed by atoms with Gasteiger partial charge in [-0.05, 0) is 63.2 Å². The molecule has 1 aliphatic rings. The molecule has 0 aromatic heterocycles. The summed E-state index contributed by atoms with van der Waals surface area (Å²) >= 11 is 1.89. The van der Waals surface area contributed by atoms with Crippen LogP contribution in [0.3, 0.4) is 0 Å². The van der Waals surface area contributed by atoms with E-state index in [0.717, 1.165) is 25.0 Å². The monoisotopic (exact) mass is 300 g/mol. The van der Waals surface area contributed by atoms with Gasteiger partial charge >= 0.3 is 0 Å².